The van der Waals surface area contributed by atoms with E-state index in [-0.39, 0.29) is 17.0 Å². The SMILES string of the molecule is COc1cc(F)c(F)cc1-c1ccncc1N(CC(F)(F)F)C(=O)c1cc(C(F)(F)F)nc(C(F)(F)F)c1. The maximum absolute atomic E-state index is 14.0. The van der Waals surface area contributed by atoms with Crippen molar-refractivity contribution in [3.63, 3.8) is 0 Å². The first-order chi connectivity index (χ1) is 17.4. The second-order valence-corrected chi connectivity index (χ2v) is 7.49. The van der Waals surface area contributed by atoms with Crippen LogP contribution in [-0.2, 0) is 12.4 Å². The van der Waals surface area contributed by atoms with Gasteiger partial charge < -0.3 is 4.74 Å². The van der Waals surface area contributed by atoms with E-state index >= 15 is 0 Å². The number of methoxy groups -OCH3 is 1. The molecule has 0 aliphatic carbocycles. The topological polar surface area (TPSA) is 55.3 Å². The molecule has 0 bridgehead atoms. The third-order valence-corrected chi connectivity index (χ3v) is 4.86. The molecule has 0 fully saturated rings. The summed E-state index contributed by atoms with van der Waals surface area (Å²) in [7, 11) is 1.00. The minimum absolute atomic E-state index is 0.144. The maximum atomic E-state index is 14.0. The second-order valence-electron chi connectivity index (χ2n) is 7.49. The van der Waals surface area contributed by atoms with Gasteiger partial charge in [0.05, 0.1) is 19.0 Å². The summed E-state index contributed by atoms with van der Waals surface area (Å²) in [5, 5.41) is 0. The van der Waals surface area contributed by atoms with E-state index in [2.05, 4.69) is 9.97 Å². The number of hydrogen-bond acceptors (Lipinski definition) is 4. The first-order valence-electron chi connectivity index (χ1n) is 9.95. The van der Waals surface area contributed by atoms with Gasteiger partial charge in [-0.3, -0.25) is 14.7 Å². The zero-order chi connectivity index (χ0) is 28.6. The molecular formula is C22H12F11N3O2. The number of amides is 1. The van der Waals surface area contributed by atoms with Gasteiger partial charge in [-0.25, -0.2) is 13.8 Å². The largest absolute Gasteiger partial charge is 0.496 e. The second kappa shape index (κ2) is 10.1. The Morgan fingerprint density at radius 3 is 1.92 bits per heavy atom. The molecule has 3 aromatic rings. The number of rotatable bonds is 5. The van der Waals surface area contributed by atoms with E-state index in [4.69, 9.17) is 4.74 Å². The van der Waals surface area contributed by atoms with E-state index in [1.165, 1.54) is 0 Å². The molecular weight excluding hydrogens is 547 g/mol. The number of nitrogens with zero attached hydrogens (tertiary/aromatic N) is 3. The first kappa shape index (κ1) is 28.6. The van der Waals surface area contributed by atoms with Crippen LogP contribution in [0, 0.1) is 11.6 Å². The molecule has 0 saturated carbocycles. The summed E-state index contributed by atoms with van der Waals surface area (Å²) in [4.78, 5) is 18.9. The number of benzene rings is 1. The zero-order valence-corrected chi connectivity index (χ0v) is 18.6. The van der Waals surface area contributed by atoms with Crippen molar-refractivity contribution in [1.29, 1.82) is 0 Å². The number of ether oxygens (including phenoxy) is 1. The fourth-order valence-electron chi connectivity index (χ4n) is 3.28. The van der Waals surface area contributed by atoms with Crippen molar-refractivity contribution in [2.24, 2.45) is 0 Å². The zero-order valence-electron chi connectivity index (χ0n) is 18.6. The Hall–Kier alpha value is -3.98. The first-order valence-corrected chi connectivity index (χ1v) is 9.95. The normalized spacial score (nSPS) is 12.4. The molecule has 0 radical (unpaired) electrons. The lowest BCUT2D eigenvalue weighted by Gasteiger charge is -2.27. The van der Waals surface area contributed by atoms with Crippen molar-refractivity contribution in [2.75, 3.05) is 18.6 Å². The Kier molecular flexibility index (Phi) is 7.57. The highest BCUT2D eigenvalue weighted by Crippen LogP contribution is 2.40. The van der Waals surface area contributed by atoms with Gasteiger partial charge >= 0.3 is 18.5 Å². The number of halogens is 11. The van der Waals surface area contributed by atoms with Gasteiger partial charge in [-0.15, -0.1) is 0 Å². The highest BCUT2D eigenvalue weighted by atomic mass is 19.4. The summed E-state index contributed by atoms with van der Waals surface area (Å²) in [6.45, 7) is -2.21. The maximum Gasteiger partial charge on any atom is 0.433 e. The molecule has 0 N–H and O–H groups in total. The van der Waals surface area contributed by atoms with Gasteiger partial charge in [0, 0.05) is 29.0 Å². The van der Waals surface area contributed by atoms with Crippen LogP contribution >= 0.6 is 0 Å². The number of alkyl halides is 9. The Bertz CT molecular complexity index is 1320. The molecule has 204 valence electrons. The molecule has 2 aromatic heterocycles. The van der Waals surface area contributed by atoms with E-state index in [0.717, 1.165) is 19.4 Å². The van der Waals surface area contributed by atoms with Crippen LogP contribution in [0.15, 0.2) is 42.7 Å². The Morgan fingerprint density at radius 1 is 0.868 bits per heavy atom. The lowest BCUT2D eigenvalue weighted by Crippen LogP contribution is -2.40. The van der Waals surface area contributed by atoms with E-state index < -0.39 is 82.1 Å². The summed E-state index contributed by atoms with van der Waals surface area (Å²) < 4.78 is 152. The van der Waals surface area contributed by atoms with E-state index in [0.29, 0.717) is 18.3 Å². The van der Waals surface area contributed by atoms with Crippen molar-refractivity contribution in [3.05, 3.63) is 71.3 Å². The quantitative estimate of drug-likeness (QED) is 0.328. The predicted octanol–water partition coefficient (Wildman–Crippen LogP) is 6.68. The minimum Gasteiger partial charge on any atom is -0.496 e. The number of carbonyl (C=O) groups excluding carboxylic acids is 1. The summed E-state index contributed by atoms with van der Waals surface area (Å²) in [5.41, 5.74) is -7.44. The third kappa shape index (κ3) is 6.28. The van der Waals surface area contributed by atoms with Crippen LogP contribution in [0.4, 0.5) is 54.0 Å². The van der Waals surface area contributed by atoms with Crippen LogP contribution in [0.1, 0.15) is 21.7 Å². The molecule has 0 atom stereocenters. The lowest BCUT2D eigenvalue weighted by atomic mass is 10.0. The van der Waals surface area contributed by atoms with Crippen LogP contribution in [0.5, 0.6) is 5.75 Å². The average molecular weight is 559 g/mol. The summed E-state index contributed by atoms with van der Waals surface area (Å²) in [5.74, 6) is -5.24. The van der Waals surface area contributed by atoms with Crippen molar-refractivity contribution in [2.45, 2.75) is 18.5 Å². The van der Waals surface area contributed by atoms with Crippen LogP contribution in [0.3, 0.4) is 0 Å². The number of hydrogen-bond donors (Lipinski definition) is 0. The molecule has 16 heteroatoms. The summed E-state index contributed by atoms with van der Waals surface area (Å²) in [6, 6.07) is 1.72. The van der Waals surface area contributed by atoms with Gasteiger partial charge in [-0.2, -0.15) is 39.5 Å². The monoisotopic (exact) mass is 559 g/mol. The highest BCUT2D eigenvalue weighted by molar-refractivity contribution is 6.08. The van der Waals surface area contributed by atoms with Crippen molar-refractivity contribution < 1.29 is 57.8 Å². The van der Waals surface area contributed by atoms with Gasteiger partial charge in [0.1, 0.15) is 23.7 Å². The van der Waals surface area contributed by atoms with Crippen molar-refractivity contribution >= 4 is 11.6 Å². The molecule has 0 saturated heterocycles. The molecule has 0 unspecified atom stereocenters. The smallest absolute Gasteiger partial charge is 0.433 e. The van der Waals surface area contributed by atoms with E-state index in [9.17, 15) is 53.1 Å². The lowest BCUT2D eigenvalue weighted by molar-refractivity contribution is -0.150. The van der Waals surface area contributed by atoms with E-state index in [1.807, 2.05) is 0 Å². The fourth-order valence-corrected chi connectivity index (χ4v) is 3.28. The van der Waals surface area contributed by atoms with Gasteiger partial charge in [0.25, 0.3) is 5.91 Å². The molecule has 3 rings (SSSR count). The number of anilines is 1. The summed E-state index contributed by atoms with van der Waals surface area (Å²) >= 11 is 0. The molecule has 38 heavy (non-hydrogen) atoms. The standard InChI is InChI=1S/C22H12F11N3O2/c1-38-16-7-14(24)13(23)6-12(16)11-2-3-34-8-15(11)36(9-20(25,26)27)19(37)10-4-17(21(28,29)30)35-18(5-10)22(31,32)33/h2-8H,9H2,1H3. The molecule has 0 spiro atoms. The minimum atomic E-state index is -5.50. The van der Waals surface area contributed by atoms with Crippen LogP contribution in [0.2, 0.25) is 0 Å². The molecule has 0 aliphatic rings. The van der Waals surface area contributed by atoms with Gasteiger partial charge in [-0.05, 0) is 24.3 Å². The number of aromatic nitrogens is 2. The predicted molar refractivity (Wildman–Crippen MR) is 108 cm³/mol. The highest BCUT2D eigenvalue weighted by Gasteiger charge is 2.41. The Labute approximate surface area is 205 Å². The third-order valence-electron chi connectivity index (χ3n) is 4.86. The number of carbonyl (C=O) groups is 1. The molecule has 0 aliphatic heterocycles. The fraction of sp³-hybridized carbons (Fsp3) is 0.227. The van der Waals surface area contributed by atoms with Crippen LogP contribution in [0.25, 0.3) is 11.1 Å². The average Bonchev–Trinajstić information content (AvgIpc) is 2.81. The van der Waals surface area contributed by atoms with Gasteiger partial charge in [0.2, 0.25) is 0 Å². The molecule has 1 aromatic carbocycles. The van der Waals surface area contributed by atoms with Crippen LogP contribution in [-0.4, -0.2) is 35.7 Å². The Morgan fingerprint density at radius 2 is 1.42 bits per heavy atom. The van der Waals surface area contributed by atoms with Crippen molar-refractivity contribution in [3.8, 4) is 16.9 Å². The van der Waals surface area contributed by atoms with Crippen LogP contribution < -0.4 is 9.64 Å². The molecule has 5 nitrogen and oxygen atoms in total. The van der Waals surface area contributed by atoms with Gasteiger partial charge in [0.15, 0.2) is 11.6 Å². The summed E-state index contributed by atoms with van der Waals surface area (Å²) in [6.07, 6.45) is -14.6. The van der Waals surface area contributed by atoms with Gasteiger partial charge in [-0.1, -0.05) is 0 Å². The number of pyridine rings is 2. The van der Waals surface area contributed by atoms with E-state index in [1.54, 1.807) is 0 Å². The Balaban J connectivity index is 2.28. The molecule has 2 heterocycles. The molecule has 1 amide bonds. The van der Waals surface area contributed by atoms with Crippen molar-refractivity contribution in [1.82, 2.24) is 9.97 Å².